The fourth-order valence-corrected chi connectivity index (χ4v) is 4.70. The topological polar surface area (TPSA) is 112 Å². The van der Waals surface area contributed by atoms with Gasteiger partial charge in [0.2, 0.25) is 10.0 Å². The highest BCUT2D eigenvalue weighted by atomic mass is 32.2. The van der Waals surface area contributed by atoms with Gasteiger partial charge in [0, 0.05) is 25.1 Å². The molecule has 4 rings (SSSR count). The molecule has 10 heteroatoms. The Labute approximate surface area is 174 Å². The molecular weight excluding hydrogens is 408 g/mol. The highest BCUT2D eigenvalue weighted by Gasteiger charge is 2.25. The van der Waals surface area contributed by atoms with E-state index >= 15 is 0 Å². The van der Waals surface area contributed by atoms with Gasteiger partial charge in [0.05, 0.1) is 41.6 Å². The fourth-order valence-electron chi connectivity index (χ4n) is 3.42. The lowest BCUT2D eigenvalue weighted by molar-refractivity contribution is 0.102. The summed E-state index contributed by atoms with van der Waals surface area (Å²) in [6.07, 6.45) is 2.27. The predicted octanol–water partition coefficient (Wildman–Crippen LogP) is 1.90. The standard InChI is InChI=1S/C20H22N4O5S/c1-24-18-5-3-4-17(16(18)11-21-24)22-20(25)15-10-14(6-7-19(15)28-2)30(26,27)23-13-8-9-29-12-13/h3-7,10-11,13,23H,8-9,12H2,1-2H3,(H,22,25). The van der Waals surface area contributed by atoms with Crippen molar-refractivity contribution in [1.82, 2.24) is 14.5 Å². The number of sulfonamides is 1. The van der Waals surface area contributed by atoms with Gasteiger partial charge in [-0.05, 0) is 36.8 Å². The average Bonchev–Trinajstić information content (AvgIpc) is 3.37. The largest absolute Gasteiger partial charge is 0.496 e. The number of ether oxygens (including phenoxy) is 2. The molecule has 158 valence electrons. The minimum atomic E-state index is -3.81. The molecular formula is C20H22N4O5S. The Hall–Kier alpha value is -2.95. The quantitative estimate of drug-likeness (QED) is 0.618. The third-order valence-electron chi connectivity index (χ3n) is 5.02. The second-order valence-corrected chi connectivity index (χ2v) is 8.72. The van der Waals surface area contributed by atoms with Gasteiger partial charge in [0.1, 0.15) is 5.75 Å². The third-order valence-corrected chi connectivity index (χ3v) is 6.54. The number of aryl methyl sites for hydroxylation is 1. The van der Waals surface area contributed by atoms with Crippen LogP contribution in [-0.2, 0) is 21.8 Å². The van der Waals surface area contributed by atoms with E-state index in [-0.39, 0.29) is 22.3 Å². The molecule has 1 unspecified atom stereocenters. The van der Waals surface area contributed by atoms with Crippen molar-refractivity contribution in [2.24, 2.45) is 7.05 Å². The van der Waals surface area contributed by atoms with Gasteiger partial charge in [-0.1, -0.05) is 6.07 Å². The fraction of sp³-hybridized carbons (Fsp3) is 0.300. The van der Waals surface area contributed by atoms with Gasteiger partial charge in [-0.3, -0.25) is 9.48 Å². The summed E-state index contributed by atoms with van der Waals surface area (Å²) < 4.78 is 40.3. The molecule has 0 aliphatic carbocycles. The molecule has 0 bridgehead atoms. The van der Waals surface area contributed by atoms with Crippen LogP contribution < -0.4 is 14.8 Å². The number of nitrogens with zero attached hydrogens (tertiary/aromatic N) is 2. The predicted molar refractivity (Wildman–Crippen MR) is 111 cm³/mol. The molecule has 1 aromatic heterocycles. The molecule has 1 amide bonds. The zero-order chi connectivity index (χ0) is 21.3. The molecule has 1 atom stereocenters. The molecule has 1 aliphatic heterocycles. The molecule has 3 aromatic rings. The minimum absolute atomic E-state index is 0.0139. The van der Waals surface area contributed by atoms with Crippen LogP contribution in [0.1, 0.15) is 16.8 Å². The second-order valence-electron chi connectivity index (χ2n) is 7.00. The lowest BCUT2D eigenvalue weighted by atomic mass is 10.1. The maximum absolute atomic E-state index is 13.0. The number of hydrogen-bond acceptors (Lipinski definition) is 6. The van der Waals surface area contributed by atoms with E-state index in [1.165, 1.54) is 25.3 Å². The van der Waals surface area contributed by atoms with Crippen molar-refractivity contribution < 1.29 is 22.7 Å². The first-order valence-corrected chi connectivity index (χ1v) is 10.9. The van der Waals surface area contributed by atoms with Crippen molar-refractivity contribution in [1.29, 1.82) is 0 Å². The smallest absolute Gasteiger partial charge is 0.259 e. The normalized spacial score (nSPS) is 16.7. The maximum atomic E-state index is 13.0. The van der Waals surface area contributed by atoms with Crippen LogP contribution in [0.25, 0.3) is 10.9 Å². The number of carbonyl (C=O) groups excluding carboxylic acids is 1. The molecule has 2 N–H and O–H groups in total. The van der Waals surface area contributed by atoms with Gasteiger partial charge < -0.3 is 14.8 Å². The number of aromatic nitrogens is 2. The summed E-state index contributed by atoms with van der Waals surface area (Å²) >= 11 is 0. The number of fused-ring (bicyclic) bond motifs is 1. The summed E-state index contributed by atoms with van der Waals surface area (Å²) in [5, 5.41) is 7.82. The highest BCUT2D eigenvalue weighted by Crippen LogP contribution is 2.27. The molecule has 1 aliphatic rings. The molecule has 1 saturated heterocycles. The maximum Gasteiger partial charge on any atom is 0.259 e. The number of carbonyl (C=O) groups is 1. The number of nitrogens with one attached hydrogen (secondary N) is 2. The molecule has 2 aromatic carbocycles. The Morgan fingerprint density at radius 3 is 2.87 bits per heavy atom. The number of amides is 1. The first kappa shape index (κ1) is 20.3. The van der Waals surface area contributed by atoms with Gasteiger partial charge in [-0.15, -0.1) is 0 Å². The second kappa shape index (κ2) is 8.05. The van der Waals surface area contributed by atoms with Gasteiger partial charge in [-0.25, -0.2) is 13.1 Å². The van der Waals surface area contributed by atoms with Gasteiger partial charge in [-0.2, -0.15) is 5.10 Å². The summed E-state index contributed by atoms with van der Waals surface area (Å²) in [5.74, 6) is -0.210. The van der Waals surface area contributed by atoms with Crippen molar-refractivity contribution in [3.63, 3.8) is 0 Å². The van der Waals surface area contributed by atoms with Crippen LogP contribution in [0, 0.1) is 0 Å². The van der Waals surface area contributed by atoms with E-state index in [4.69, 9.17) is 9.47 Å². The van der Waals surface area contributed by atoms with Crippen molar-refractivity contribution >= 4 is 32.5 Å². The average molecular weight is 430 g/mol. The zero-order valence-electron chi connectivity index (χ0n) is 16.6. The number of anilines is 1. The summed E-state index contributed by atoms with van der Waals surface area (Å²) in [6, 6.07) is 9.38. The van der Waals surface area contributed by atoms with Crippen LogP contribution in [-0.4, -0.2) is 50.5 Å². The van der Waals surface area contributed by atoms with Crippen LogP contribution in [0.15, 0.2) is 47.5 Å². The van der Waals surface area contributed by atoms with Gasteiger partial charge >= 0.3 is 0 Å². The summed E-state index contributed by atoms with van der Waals surface area (Å²) in [4.78, 5) is 13.0. The minimum Gasteiger partial charge on any atom is -0.496 e. The number of hydrogen-bond donors (Lipinski definition) is 2. The van der Waals surface area contributed by atoms with Crippen LogP contribution in [0.4, 0.5) is 5.69 Å². The van der Waals surface area contributed by atoms with Crippen molar-refractivity contribution in [3.8, 4) is 5.75 Å². The Kier molecular flexibility index (Phi) is 5.46. The van der Waals surface area contributed by atoms with E-state index in [1.54, 1.807) is 16.9 Å². The summed E-state index contributed by atoms with van der Waals surface area (Å²) in [7, 11) is -0.568. The SMILES string of the molecule is COc1ccc(S(=O)(=O)NC2CCOC2)cc1C(=O)Nc1cccc2c1cnn2C. The van der Waals surface area contributed by atoms with E-state index in [0.717, 1.165) is 10.9 Å². The van der Waals surface area contributed by atoms with E-state index in [9.17, 15) is 13.2 Å². The van der Waals surface area contributed by atoms with Crippen molar-refractivity contribution in [2.75, 3.05) is 25.6 Å². The van der Waals surface area contributed by atoms with Crippen LogP contribution >= 0.6 is 0 Å². The first-order valence-electron chi connectivity index (χ1n) is 9.39. The molecule has 2 heterocycles. The molecule has 1 fully saturated rings. The number of methoxy groups -OCH3 is 1. The Morgan fingerprint density at radius 1 is 1.30 bits per heavy atom. The number of rotatable bonds is 6. The molecule has 0 saturated carbocycles. The van der Waals surface area contributed by atoms with Crippen LogP contribution in [0.5, 0.6) is 5.75 Å². The highest BCUT2D eigenvalue weighted by molar-refractivity contribution is 7.89. The van der Waals surface area contributed by atoms with E-state index in [2.05, 4.69) is 15.1 Å². The van der Waals surface area contributed by atoms with Gasteiger partial charge in [0.25, 0.3) is 5.91 Å². The summed E-state index contributed by atoms with van der Waals surface area (Å²) in [6.45, 7) is 0.848. The Morgan fingerprint density at radius 2 is 2.13 bits per heavy atom. The van der Waals surface area contributed by atoms with Crippen molar-refractivity contribution in [2.45, 2.75) is 17.4 Å². The monoisotopic (exact) mass is 430 g/mol. The van der Waals surface area contributed by atoms with E-state index < -0.39 is 15.9 Å². The van der Waals surface area contributed by atoms with Crippen LogP contribution in [0.3, 0.4) is 0 Å². The molecule has 0 spiro atoms. The summed E-state index contributed by atoms with van der Waals surface area (Å²) in [5.41, 5.74) is 1.55. The lowest BCUT2D eigenvalue weighted by Crippen LogP contribution is -2.35. The zero-order valence-corrected chi connectivity index (χ0v) is 17.4. The lowest BCUT2D eigenvalue weighted by Gasteiger charge is -2.14. The first-order chi connectivity index (χ1) is 14.4. The molecule has 0 radical (unpaired) electrons. The molecule has 30 heavy (non-hydrogen) atoms. The van der Waals surface area contributed by atoms with Crippen molar-refractivity contribution in [3.05, 3.63) is 48.2 Å². The van der Waals surface area contributed by atoms with E-state index in [1.807, 2.05) is 19.2 Å². The molecule has 9 nitrogen and oxygen atoms in total. The van der Waals surface area contributed by atoms with Crippen LogP contribution in [0.2, 0.25) is 0 Å². The Bertz CT molecular complexity index is 1200. The van der Waals surface area contributed by atoms with E-state index in [0.29, 0.717) is 25.3 Å². The number of benzene rings is 2. The Balaban J connectivity index is 1.65. The van der Waals surface area contributed by atoms with Gasteiger partial charge in [0.15, 0.2) is 0 Å². The third kappa shape index (κ3) is 3.89.